The molecular weight excluding hydrogens is 785 g/mol. The molecule has 0 fully saturated rings. The number of carbonyl (C=O) groups is 4. The molecule has 0 bridgehead atoms. The maximum Gasteiger partial charge on any atom is 0.337 e. The lowest BCUT2D eigenvalue weighted by Gasteiger charge is -2.34. The molecule has 0 aliphatic rings. The minimum Gasteiger partial charge on any atom is -0.497 e. The lowest BCUT2D eigenvalue weighted by Crippen LogP contribution is -2.58. The van der Waals surface area contributed by atoms with E-state index in [-0.39, 0.29) is 32.6 Å². The Labute approximate surface area is 353 Å². The van der Waals surface area contributed by atoms with Crippen molar-refractivity contribution < 1.29 is 47.6 Å². The van der Waals surface area contributed by atoms with Gasteiger partial charge in [0, 0.05) is 55.7 Å². The van der Waals surface area contributed by atoms with Crippen LogP contribution in [0.1, 0.15) is 63.5 Å². The fourth-order valence-corrected chi connectivity index (χ4v) is 7.66. The number of hydrogen-bond donors (Lipinski definition) is 2. The van der Waals surface area contributed by atoms with Gasteiger partial charge in [-0.3, -0.25) is 14.5 Å². The number of unbranched alkanes of at least 4 members (excludes halogenated alkanes) is 2. The molecule has 0 aliphatic carbocycles. The summed E-state index contributed by atoms with van der Waals surface area (Å²) in [7, 11) is 5.72. The molecule has 2 aromatic carbocycles. The van der Waals surface area contributed by atoms with Gasteiger partial charge in [-0.2, -0.15) is 23.5 Å². The Balaban J connectivity index is 2.37. The van der Waals surface area contributed by atoms with Crippen LogP contribution in [0.3, 0.4) is 0 Å². The average molecular weight is 851 g/mol. The highest BCUT2D eigenvalue weighted by molar-refractivity contribution is 7.98. The van der Waals surface area contributed by atoms with Crippen LogP contribution in [-0.4, -0.2) is 137 Å². The molecule has 0 spiro atoms. The third kappa shape index (κ3) is 18.2. The molecule has 0 amide bonds. The quantitative estimate of drug-likeness (QED) is 0.0461. The van der Waals surface area contributed by atoms with Crippen molar-refractivity contribution in [1.29, 1.82) is 0 Å². The van der Waals surface area contributed by atoms with Crippen LogP contribution in [-0.2, 0) is 49.6 Å². The summed E-state index contributed by atoms with van der Waals surface area (Å²) in [6, 6.07) is 13.9. The number of carbonyl (C=O) groups excluding carboxylic acids is 4. The van der Waals surface area contributed by atoms with Crippen LogP contribution in [0, 0.1) is 0 Å². The number of rotatable bonds is 31. The molecule has 3 atom stereocenters. The van der Waals surface area contributed by atoms with Crippen molar-refractivity contribution in [3.05, 3.63) is 59.7 Å². The van der Waals surface area contributed by atoms with Gasteiger partial charge in [0.2, 0.25) is 5.54 Å². The van der Waals surface area contributed by atoms with E-state index in [9.17, 15) is 19.2 Å². The Hall–Kier alpha value is -3.54. The van der Waals surface area contributed by atoms with Crippen LogP contribution in [0.2, 0.25) is 0 Å². The maximum atomic E-state index is 13.8. The number of hydrogen-bond acceptors (Lipinski definition) is 16. The van der Waals surface area contributed by atoms with Crippen molar-refractivity contribution in [3.8, 4) is 11.5 Å². The zero-order chi connectivity index (χ0) is 42.8. The fourth-order valence-electron chi connectivity index (χ4n) is 5.77. The van der Waals surface area contributed by atoms with Gasteiger partial charge < -0.3 is 44.8 Å². The van der Waals surface area contributed by atoms with Crippen LogP contribution < -0.4 is 20.9 Å². The number of benzene rings is 2. The molecule has 0 aliphatic heterocycles. The van der Waals surface area contributed by atoms with Crippen LogP contribution in [0.25, 0.3) is 0 Å². The van der Waals surface area contributed by atoms with Crippen LogP contribution >= 0.6 is 23.5 Å². The predicted octanol–water partition coefficient (Wildman–Crippen LogP) is 4.68. The Morgan fingerprint density at radius 1 is 0.672 bits per heavy atom. The van der Waals surface area contributed by atoms with Crippen molar-refractivity contribution in [3.63, 3.8) is 0 Å². The Morgan fingerprint density at radius 3 is 1.71 bits per heavy atom. The summed E-state index contributed by atoms with van der Waals surface area (Å²) in [5.41, 5.74) is 13.0. The number of esters is 4. The van der Waals surface area contributed by atoms with Crippen LogP contribution in [0.15, 0.2) is 48.5 Å². The van der Waals surface area contributed by atoms with Gasteiger partial charge in [0.05, 0.1) is 41.7 Å². The molecule has 58 heavy (non-hydrogen) atoms. The summed E-state index contributed by atoms with van der Waals surface area (Å²) in [5, 5.41) is 0. The first-order chi connectivity index (χ1) is 28.0. The first-order valence-corrected chi connectivity index (χ1v) is 22.2. The monoisotopic (exact) mass is 850 g/mol. The summed E-state index contributed by atoms with van der Waals surface area (Å²) < 4.78 is 31.6. The van der Waals surface area contributed by atoms with Gasteiger partial charge in [0.1, 0.15) is 23.6 Å². The fraction of sp³-hybridized carbons (Fsp3) is 0.619. The minimum absolute atomic E-state index is 0.00363. The van der Waals surface area contributed by atoms with Crippen molar-refractivity contribution in [2.45, 2.75) is 81.5 Å². The maximum absolute atomic E-state index is 13.8. The molecule has 0 heterocycles. The van der Waals surface area contributed by atoms with Gasteiger partial charge in [-0.1, -0.05) is 51.0 Å². The van der Waals surface area contributed by atoms with Gasteiger partial charge in [0.25, 0.3) is 0 Å². The zero-order valence-corrected chi connectivity index (χ0v) is 36.9. The van der Waals surface area contributed by atoms with Gasteiger partial charge in [0.15, 0.2) is 0 Å². The average Bonchev–Trinajstić information content (AvgIpc) is 3.25. The smallest absolute Gasteiger partial charge is 0.337 e. The number of thioether (sulfide) groups is 2. The second kappa shape index (κ2) is 28.8. The summed E-state index contributed by atoms with van der Waals surface area (Å²) in [6.45, 7) is 6.50. The molecular formula is C42H66N4O10S2. The van der Waals surface area contributed by atoms with Crippen molar-refractivity contribution in [1.82, 2.24) is 9.80 Å². The normalized spacial score (nSPS) is 13.3. The van der Waals surface area contributed by atoms with Crippen LogP contribution in [0.4, 0.5) is 0 Å². The van der Waals surface area contributed by atoms with E-state index in [0.29, 0.717) is 44.8 Å². The Morgan fingerprint density at radius 2 is 1.21 bits per heavy atom. The highest BCUT2D eigenvalue weighted by atomic mass is 32.2. The highest BCUT2D eigenvalue weighted by Gasteiger charge is 2.45. The van der Waals surface area contributed by atoms with E-state index in [4.69, 9.17) is 39.9 Å². The summed E-state index contributed by atoms with van der Waals surface area (Å²) in [4.78, 5) is 56.6. The topological polar surface area (TPSA) is 182 Å². The number of methoxy groups -OCH3 is 4. The molecule has 2 rings (SSSR count). The second-order valence-electron chi connectivity index (χ2n) is 13.8. The highest BCUT2D eigenvalue weighted by Crippen LogP contribution is 2.21. The molecule has 0 saturated heterocycles. The standard InChI is InChI=1S/C42H66N4O10S2/c1-7-9-25-55-39(48)37(29-36(43)38(47)53-5)46(24-28-58-31-33-13-17-35(52-4)18-14-33)22-21-45(23-27-57-30-32-11-15-34(51-3)16-12-32)20-19-42(44,40(49)54-6)41(50)56-26-10-8-2/h11-18,36-37H,7-10,19-31,43-44H2,1-6H3. The third-order valence-electron chi connectivity index (χ3n) is 9.54. The summed E-state index contributed by atoms with van der Waals surface area (Å²) >= 11 is 3.44. The summed E-state index contributed by atoms with van der Waals surface area (Å²) in [6.07, 6.45) is 2.92. The predicted molar refractivity (Wildman–Crippen MR) is 230 cm³/mol. The minimum atomic E-state index is -2.01. The van der Waals surface area contributed by atoms with Crippen LogP contribution in [0.5, 0.6) is 11.5 Å². The number of nitrogens with zero attached hydrogens (tertiary/aromatic N) is 2. The van der Waals surface area contributed by atoms with E-state index in [0.717, 1.165) is 52.7 Å². The van der Waals surface area contributed by atoms with Crippen molar-refractivity contribution in [2.24, 2.45) is 11.5 Å². The number of ether oxygens (including phenoxy) is 6. The summed E-state index contributed by atoms with van der Waals surface area (Å²) in [5.74, 6) is 1.66. The van der Waals surface area contributed by atoms with E-state index in [1.54, 1.807) is 37.7 Å². The first kappa shape index (κ1) is 50.6. The van der Waals surface area contributed by atoms with E-state index >= 15 is 0 Å². The van der Waals surface area contributed by atoms with Gasteiger partial charge >= 0.3 is 23.9 Å². The molecule has 2 aromatic rings. The van der Waals surface area contributed by atoms with E-state index < -0.39 is 41.5 Å². The molecule has 0 aromatic heterocycles. The SMILES string of the molecule is CCCCOC(=O)C(CC(N)C(=O)OC)N(CCSCc1ccc(OC)cc1)CCN(CCSCc1ccc(OC)cc1)CCC(N)(C(=O)OC)C(=O)OCCCC. The molecule has 3 unspecified atom stereocenters. The van der Waals surface area contributed by atoms with Crippen molar-refractivity contribution >= 4 is 47.4 Å². The lowest BCUT2D eigenvalue weighted by atomic mass is 9.96. The molecule has 326 valence electrons. The number of nitrogens with two attached hydrogens (primary N) is 2. The Kier molecular flexibility index (Phi) is 25.1. The van der Waals surface area contributed by atoms with Gasteiger partial charge in [-0.25, -0.2) is 9.59 Å². The molecule has 4 N–H and O–H groups in total. The molecule has 14 nitrogen and oxygen atoms in total. The molecule has 16 heteroatoms. The third-order valence-corrected chi connectivity index (χ3v) is 11.6. The van der Waals surface area contributed by atoms with Crippen molar-refractivity contribution in [2.75, 3.05) is 85.9 Å². The second-order valence-corrected chi connectivity index (χ2v) is 16.0. The Bertz CT molecular complexity index is 1490. The van der Waals surface area contributed by atoms with E-state index in [1.807, 2.05) is 67.3 Å². The van der Waals surface area contributed by atoms with E-state index in [1.165, 1.54) is 14.2 Å². The van der Waals surface area contributed by atoms with Gasteiger partial charge in [-0.05, 0) is 61.1 Å². The largest absolute Gasteiger partial charge is 0.497 e. The van der Waals surface area contributed by atoms with E-state index in [2.05, 4.69) is 4.90 Å². The molecule has 0 radical (unpaired) electrons. The zero-order valence-electron chi connectivity index (χ0n) is 35.2. The lowest BCUT2D eigenvalue weighted by molar-refractivity contribution is -0.163. The molecule has 0 saturated carbocycles. The first-order valence-electron chi connectivity index (χ1n) is 19.9. The van der Waals surface area contributed by atoms with Gasteiger partial charge in [-0.15, -0.1) is 0 Å².